The number of benzene rings is 2. The molecule has 3 aromatic rings. The quantitative estimate of drug-likeness (QED) is 0.452. The highest BCUT2D eigenvalue weighted by Crippen LogP contribution is 2.36. The average Bonchev–Trinajstić information content (AvgIpc) is 3.44. The third-order valence-electron chi connectivity index (χ3n) is 6.12. The molecule has 2 aromatic carbocycles. The smallest absolute Gasteiger partial charge is 0.304 e. The second-order valence-corrected chi connectivity index (χ2v) is 8.32. The molecule has 1 aliphatic carbocycles. The van der Waals surface area contributed by atoms with E-state index in [2.05, 4.69) is 40.2 Å². The molecule has 1 aliphatic rings. The van der Waals surface area contributed by atoms with Crippen LogP contribution in [0.5, 0.6) is 5.75 Å². The number of nitrogens with one attached hydrogen (secondary N) is 1. The van der Waals surface area contributed by atoms with Crippen LogP contribution in [-0.2, 0) is 4.79 Å². The van der Waals surface area contributed by atoms with Crippen LogP contribution in [0, 0.1) is 17.8 Å². The van der Waals surface area contributed by atoms with Crippen LogP contribution in [-0.4, -0.2) is 21.3 Å². The van der Waals surface area contributed by atoms with Crippen LogP contribution < -0.4 is 4.74 Å². The predicted octanol–water partition coefficient (Wildman–Crippen LogP) is 5.84. The molecule has 4 rings (SSSR count). The largest absolute Gasteiger partial charge is 0.486 e. The fourth-order valence-corrected chi connectivity index (χ4v) is 4.50. The number of H-pyrrole nitrogens is 1. The molecule has 0 bridgehead atoms. The summed E-state index contributed by atoms with van der Waals surface area (Å²) in [5.74, 6) is 6.15. The number of hydrogen-bond donors (Lipinski definition) is 2. The van der Waals surface area contributed by atoms with Crippen molar-refractivity contribution in [2.45, 2.75) is 57.5 Å². The summed E-state index contributed by atoms with van der Waals surface area (Å²) >= 11 is 0. The molecule has 31 heavy (non-hydrogen) atoms. The molecule has 1 aromatic heterocycles. The first kappa shape index (κ1) is 21.0. The second kappa shape index (κ2) is 9.70. The van der Waals surface area contributed by atoms with Crippen molar-refractivity contribution in [3.05, 3.63) is 59.8 Å². The van der Waals surface area contributed by atoms with Gasteiger partial charge in [0.05, 0.1) is 24.1 Å². The van der Waals surface area contributed by atoms with Crippen LogP contribution in [0.1, 0.15) is 68.6 Å². The van der Waals surface area contributed by atoms with Crippen LogP contribution in [0.15, 0.2) is 48.7 Å². The normalized spacial score (nSPS) is 15.9. The number of aromatic nitrogens is 2. The Kier molecular flexibility index (Phi) is 6.57. The first-order valence-corrected chi connectivity index (χ1v) is 11.0. The zero-order valence-electron chi connectivity index (χ0n) is 17.8. The number of nitrogens with zero attached hydrogens (tertiary/aromatic N) is 1. The van der Waals surface area contributed by atoms with Gasteiger partial charge in [-0.05, 0) is 48.6 Å². The van der Waals surface area contributed by atoms with E-state index in [4.69, 9.17) is 9.84 Å². The lowest BCUT2D eigenvalue weighted by atomic mass is 9.94. The lowest BCUT2D eigenvalue weighted by Crippen LogP contribution is -2.12. The summed E-state index contributed by atoms with van der Waals surface area (Å²) in [6.45, 7) is 1.73. The highest BCUT2D eigenvalue weighted by molar-refractivity contribution is 5.78. The second-order valence-electron chi connectivity index (χ2n) is 8.32. The van der Waals surface area contributed by atoms with Gasteiger partial charge in [0.2, 0.25) is 0 Å². The first-order chi connectivity index (χ1) is 15.1. The summed E-state index contributed by atoms with van der Waals surface area (Å²) in [6, 6.07) is 14.1. The Bertz CT molecular complexity index is 1090. The molecule has 5 heteroatoms. The Morgan fingerprint density at radius 3 is 2.65 bits per heavy atom. The third kappa shape index (κ3) is 5.27. The lowest BCUT2D eigenvalue weighted by molar-refractivity contribution is -0.137. The molecule has 5 nitrogen and oxygen atoms in total. The number of carboxylic acid groups (broad SMARTS) is 1. The van der Waals surface area contributed by atoms with Crippen LogP contribution in [0.3, 0.4) is 0 Å². The summed E-state index contributed by atoms with van der Waals surface area (Å²) in [5, 5.41) is 17.4. The molecule has 0 amide bonds. The van der Waals surface area contributed by atoms with Gasteiger partial charge in [-0.3, -0.25) is 9.89 Å². The zero-order valence-corrected chi connectivity index (χ0v) is 17.8. The topological polar surface area (TPSA) is 75.2 Å². The van der Waals surface area contributed by atoms with E-state index >= 15 is 0 Å². The van der Waals surface area contributed by atoms with Gasteiger partial charge in [0.25, 0.3) is 0 Å². The number of fused-ring (bicyclic) bond motifs is 1. The van der Waals surface area contributed by atoms with E-state index in [-0.39, 0.29) is 18.4 Å². The highest BCUT2D eigenvalue weighted by atomic mass is 16.5. The van der Waals surface area contributed by atoms with E-state index in [1.807, 2.05) is 30.5 Å². The number of aliphatic carboxylic acids is 1. The van der Waals surface area contributed by atoms with Gasteiger partial charge in [0.1, 0.15) is 11.9 Å². The lowest BCUT2D eigenvalue weighted by Gasteiger charge is -2.23. The molecule has 0 saturated heterocycles. The van der Waals surface area contributed by atoms with Crippen molar-refractivity contribution in [3.8, 4) is 17.6 Å². The minimum atomic E-state index is -0.848. The first-order valence-electron chi connectivity index (χ1n) is 11.0. The number of carbonyl (C=O) groups is 1. The van der Waals surface area contributed by atoms with Crippen LogP contribution in [0.25, 0.3) is 10.9 Å². The van der Waals surface area contributed by atoms with Crippen molar-refractivity contribution in [2.75, 3.05) is 0 Å². The monoisotopic (exact) mass is 416 g/mol. The molecular formula is C26H28N2O3. The maximum absolute atomic E-state index is 11.2. The van der Waals surface area contributed by atoms with Crippen LogP contribution in [0.4, 0.5) is 0 Å². The Hall–Kier alpha value is -3.26. The standard InChI is InChI=1S/C26H28N2O3/c1-2-5-20(16-26(29)30)19-10-12-23(13-11-19)31-25(14-18-6-3-4-7-18)21-8-9-22-17-27-28-24(22)15-21/h8-13,15,17-18,20,25H,3-4,6-7,14,16H2,1H3,(H,27,28)(H,29,30)/t20-,25-/m0/s1. The Balaban J connectivity index is 1.55. The van der Waals surface area contributed by atoms with E-state index in [1.165, 1.54) is 25.7 Å². The SMILES string of the molecule is CC#C[C@@H](CC(=O)O)c1ccc(O[C@@H](CC2CCCC2)c2ccc3cn[nH]c3c2)cc1. The summed E-state index contributed by atoms with van der Waals surface area (Å²) < 4.78 is 6.48. The number of aromatic amines is 1. The fraction of sp³-hybridized carbons (Fsp3) is 0.385. The number of carboxylic acids is 1. The molecule has 0 spiro atoms. The van der Waals surface area contributed by atoms with Crippen molar-refractivity contribution < 1.29 is 14.6 Å². The van der Waals surface area contributed by atoms with Crippen LogP contribution >= 0.6 is 0 Å². The van der Waals surface area contributed by atoms with Gasteiger partial charge in [-0.1, -0.05) is 55.9 Å². The number of hydrogen-bond acceptors (Lipinski definition) is 3. The summed E-state index contributed by atoms with van der Waals surface area (Å²) in [7, 11) is 0. The number of rotatable bonds is 8. The Morgan fingerprint density at radius 2 is 1.94 bits per heavy atom. The molecule has 1 heterocycles. The van der Waals surface area contributed by atoms with Crippen molar-refractivity contribution in [3.63, 3.8) is 0 Å². The van der Waals surface area contributed by atoms with Gasteiger partial charge in [-0.15, -0.1) is 5.92 Å². The van der Waals surface area contributed by atoms with E-state index in [9.17, 15) is 4.79 Å². The van der Waals surface area contributed by atoms with Gasteiger partial charge in [0.15, 0.2) is 0 Å². The molecular weight excluding hydrogens is 388 g/mol. The molecule has 160 valence electrons. The average molecular weight is 417 g/mol. The molecule has 1 fully saturated rings. The predicted molar refractivity (Wildman–Crippen MR) is 121 cm³/mol. The van der Waals surface area contributed by atoms with E-state index in [0.29, 0.717) is 5.92 Å². The third-order valence-corrected chi connectivity index (χ3v) is 6.12. The van der Waals surface area contributed by atoms with Gasteiger partial charge in [-0.2, -0.15) is 5.10 Å². The van der Waals surface area contributed by atoms with Crippen LogP contribution in [0.2, 0.25) is 0 Å². The molecule has 2 N–H and O–H groups in total. The van der Waals surface area contributed by atoms with Crippen molar-refractivity contribution in [1.82, 2.24) is 10.2 Å². The van der Waals surface area contributed by atoms with Crippen molar-refractivity contribution in [2.24, 2.45) is 5.92 Å². The van der Waals surface area contributed by atoms with Gasteiger partial charge in [0, 0.05) is 5.39 Å². The summed E-state index contributed by atoms with van der Waals surface area (Å²) in [4.78, 5) is 11.2. The molecule has 0 radical (unpaired) electrons. The highest BCUT2D eigenvalue weighted by Gasteiger charge is 2.23. The molecule has 1 saturated carbocycles. The maximum Gasteiger partial charge on any atom is 0.304 e. The summed E-state index contributed by atoms with van der Waals surface area (Å²) in [5.41, 5.74) is 3.06. The van der Waals surface area contributed by atoms with Gasteiger partial charge < -0.3 is 9.84 Å². The fourth-order valence-electron chi connectivity index (χ4n) is 4.50. The van der Waals surface area contributed by atoms with E-state index in [1.54, 1.807) is 6.92 Å². The summed E-state index contributed by atoms with van der Waals surface area (Å²) in [6.07, 6.45) is 7.91. The molecule has 0 unspecified atom stereocenters. The molecule has 0 aliphatic heterocycles. The van der Waals surface area contributed by atoms with Crippen molar-refractivity contribution in [1.29, 1.82) is 0 Å². The number of ether oxygens (including phenoxy) is 1. The Morgan fingerprint density at radius 1 is 1.19 bits per heavy atom. The minimum Gasteiger partial charge on any atom is -0.486 e. The minimum absolute atomic E-state index is 0.00442. The van der Waals surface area contributed by atoms with E-state index < -0.39 is 5.97 Å². The van der Waals surface area contributed by atoms with Gasteiger partial charge >= 0.3 is 5.97 Å². The maximum atomic E-state index is 11.2. The molecule has 2 atom stereocenters. The van der Waals surface area contributed by atoms with Gasteiger partial charge in [-0.25, -0.2) is 0 Å². The van der Waals surface area contributed by atoms with Crippen molar-refractivity contribution >= 4 is 16.9 Å². The Labute approximate surface area is 182 Å². The van der Waals surface area contributed by atoms with E-state index in [0.717, 1.165) is 34.2 Å². The zero-order chi connectivity index (χ0) is 21.6.